The number of nitrogens with two attached hydrogens (primary N) is 2. The monoisotopic (exact) mass is 284 g/mol. The number of pyridine rings is 1. The summed E-state index contributed by atoms with van der Waals surface area (Å²) in [6.07, 6.45) is 2.41. The molecular formula is C16H20N4O. The first-order valence-corrected chi connectivity index (χ1v) is 6.92. The molecule has 1 aromatic carbocycles. The molecule has 0 spiro atoms. The van der Waals surface area contributed by atoms with E-state index in [4.69, 9.17) is 11.5 Å². The minimum absolute atomic E-state index is 0.295. The fourth-order valence-electron chi connectivity index (χ4n) is 2.14. The number of aromatic nitrogens is 1. The van der Waals surface area contributed by atoms with E-state index in [1.807, 2.05) is 18.2 Å². The first-order valence-electron chi connectivity index (χ1n) is 6.92. The zero-order valence-electron chi connectivity index (χ0n) is 12.0. The fourth-order valence-corrected chi connectivity index (χ4v) is 2.14. The molecule has 110 valence electrons. The molecule has 0 saturated heterocycles. The molecule has 2 aromatic rings. The van der Waals surface area contributed by atoms with Gasteiger partial charge in [0.05, 0.1) is 17.4 Å². The minimum atomic E-state index is -0.546. The third-order valence-corrected chi connectivity index (χ3v) is 3.45. The Kier molecular flexibility index (Phi) is 4.77. The van der Waals surface area contributed by atoms with Gasteiger partial charge >= 0.3 is 0 Å². The third kappa shape index (κ3) is 3.95. The van der Waals surface area contributed by atoms with Gasteiger partial charge in [-0.15, -0.1) is 0 Å². The van der Waals surface area contributed by atoms with Crippen LogP contribution < -0.4 is 16.8 Å². The van der Waals surface area contributed by atoms with E-state index in [2.05, 4.69) is 29.4 Å². The first kappa shape index (κ1) is 14.8. The first-order chi connectivity index (χ1) is 10.1. The van der Waals surface area contributed by atoms with Crippen molar-refractivity contribution >= 4 is 17.4 Å². The summed E-state index contributed by atoms with van der Waals surface area (Å²) in [6, 6.07) is 11.9. The van der Waals surface area contributed by atoms with Crippen LogP contribution in [-0.2, 0) is 0 Å². The summed E-state index contributed by atoms with van der Waals surface area (Å²) in [5.41, 5.74) is 12.8. The van der Waals surface area contributed by atoms with Crippen LogP contribution in [0.4, 0.5) is 11.5 Å². The molecule has 0 saturated carbocycles. The lowest BCUT2D eigenvalue weighted by Gasteiger charge is -2.13. The quantitative estimate of drug-likeness (QED) is 0.759. The van der Waals surface area contributed by atoms with Crippen molar-refractivity contribution < 1.29 is 4.79 Å². The van der Waals surface area contributed by atoms with Gasteiger partial charge in [0, 0.05) is 6.54 Å². The Balaban J connectivity index is 1.92. The Morgan fingerprint density at radius 3 is 2.71 bits per heavy atom. The van der Waals surface area contributed by atoms with Crippen LogP contribution in [-0.4, -0.2) is 17.4 Å². The number of carbonyl (C=O) groups is 1. The second-order valence-corrected chi connectivity index (χ2v) is 5.05. The Morgan fingerprint density at radius 1 is 1.33 bits per heavy atom. The van der Waals surface area contributed by atoms with Crippen molar-refractivity contribution in [3.63, 3.8) is 0 Å². The standard InChI is InChI=1S/C16H20N4O/c1-11(12-5-3-2-4-6-12)7-8-19-15-9-13(16(18)21)14(17)10-20-15/h2-6,9-11H,7-8,17H2,1H3,(H2,18,21)(H,19,20). The van der Waals surface area contributed by atoms with Crippen molar-refractivity contribution in [3.8, 4) is 0 Å². The second-order valence-electron chi connectivity index (χ2n) is 5.05. The van der Waals surface area contributed by atoms with Gasteiger partial charge < -0.3 is 16.8 Å². The third-order valence-electron chi connectivity index (χ3n) is 3.45. The molecule has 5 heteroatoms. The number of carbonyl (C=O) groups excluding carboxylic acids is 1. The average Bonchev–Trinajstić information content (AvgIpc) is 2.49. The maximum atomic E-state index is 11.2. The summed E-state index contributed by atoms with van der Waals surface area (Å²) in [7, 11) is 0. The van der Waals surface area contributed by atoms with Crippen LogP contribution in [0, 0.1) is 0 Å². The number of rotatable bonds is 6. The molecule has 21 heavy (non-hydrogen) atoms. The largest absolute Gasteiger partial charge is 0.397 e. The van der Waals surface area contributed by atoms with Crippen LogP contribution in [0.25, 0.3) is 0 Å². The van der Waals surface area contributed by atoms with Crippen LogP contribution in [0.5, 0.6) is 0 Å². The molecular weight excluding hydrogens is 264 g/mol. The van der Waals surface area contributed by atoms with E-state index >= 15 is 0 Å². The lowest BCUT2D eigenvalue weighted by atomic mass is 9.98. The predicted octanol–water partition coefficient (Wildman–Crippen LogP) is 2.37. The van der Waals surface area contributed by atoms with Gasteiger partial charge in [0.25, 0.3) is 5.91 Å². The van der Waals surface area contributed by atoms with E-state index < -0.39 is 5.91 Å². The number of nitrogen functional groups attached to an aromatic ring is 1. The molecule has 0 aliphatic rings. The number of primary amides is 1. The smallest absolute Gasteiger partial charge is 0.250 e. The van der Waals surface area contributed by atoms with E-state index in [1.54, 1.807) is 6.07 Å². The number of anilines is 2. The Hall–Kier alpha value is -2.56. The minimum Gasteiger partial charge on any atom is -0.397 e. The van der Waals surface area contributed by atoms with Crippen molar-refractivity contribution in [2.45, 2.75) is 19.3 Å². The van der Waals surface area contributed by atoms with Crippen molar-refractivity contribution in [1.29, 1.82) is 0 Å². The van der Waals surface area contributed by atoms with Gasteiger partial charge in [-0.1, -0.05) is 37.3 Å². The molecule has 2 rings (SSSR count). The van der Waals surface area contributed by atoms with Crippen LogP contribution in [0.1, 0.15) is 35.2 Å². The highest BCUT2D eigenvalue weighted by Crippen LogP contribution is 2.19. The summed E-state index contributed by atoms with van der Waals surface area (Å²) in [4.78, 5) is 15.4. The molecule has 1 aromatic heterocycles. The molecule has 1 amide bonds. The van der Waals surface area contributed by atoms with Gasteiger partial charge in [0.2, 0.25) is 0 Å². The second kappa shape index (κ2) is 6.74. The van der Waals surface area contributed by atoms with Crippen LogP contribution in [0.3, 0.4) is 0 Å². The molecule has 0 aliphatic heterocycles. The summed E-state index contributed by atoms with van der Waals surface area (Å²) in [6.45, 7) is 2.94. The van der Waals surface area contributed by atoms with E-state index in [0.29, 0.717) is 23.0 Å². The summed E-state index contributed by atoms with van der Waals surface area (Å²) >= 11 is 0. The highest BCUT2D eigenvalue weighted by atomic mass is 16.1. The molecule has 0 aliphatic carbocycles. The van der Waals surface area contributed by atoms with Crippen LogP contribution >= 0.6 is 0 Å². The number of hydrogen-bond acceptors (Lipinski definition) is 4. The number of benzene rings is 1. The molecule has 1 heterocycles. The van der Waals surface area contributed by atoms with Gasteiger partial charge in [-0.3, -0.25) is 4.79 Å². The maximum absolute atomic E-state index is 11.2. The zero-order chi connectivity index (χ0) is 15.2. The van der Waals surface area contributed by atoms with E-state index in [0.717, 1.165) is 13.0 Å². The Bertz CT molecular complexity index is 613. The molecule has 0 fully saturated rings. The van der Waals surface area contributed by atoms with E-state index in [1.165, 1.54) is 11.8 Å². The summed E-state index contributed by atoms with van der Waals surface area (Å²) < 4.78 is 0. The van der Waals surface area contributed by atoms with Crippen molar-refractivity contribution in [3.05, 3.63) is 53.7 Å². The number of hydrogen-bond donors (Lipinski definition) is 3. The van der Waals surface area contributed by atoms with Crippen molar-refractivity contribution in [2.24, 2.45) is 5.73 Å². The fraction of sp³-hybridized carbons (Fsp3) is 0.250. The highest BCUT2D eigenvalue weighted by molar-refractivity contribution is 5.98. The zero-order valence-corrected chi connectivity index (χ0v) is 12.0. The Morgan fingerprint density at radius 2 is 2.05 bits per heavy atom. The van der Waals surface area contributed by atoms with Crippen LogP contribution in [0.15, 0.2) is 42.6 Å². The lowest BCUT2D eigenvalue weighted by molar-refractivity contribution is 0.100. The van der Waals surface area contributed by atoms with Crippen LogP contribution in [0.2, 0.25) is 0 Å². The topological polar surface area (TPSA) is 94.0 Å². The van der Waals surface area contributed by atoms with Gasteiger partial charge in [-0.05, 0) is 24.0 Å². The normalized spacial score (nSPS) is 11.9. The summed E-state index contributed by atoms with van der Waals surface area (Å²) in [5, 5.41) is 3.19. The van der Waals surface area contributed by atoms with E-state index in [-0.39, 0.29) is 0 Å². The van der Waals surface area contributed by atoms with Gasteiger partial charge in [0.15, 0.2) is 0 Å². The number of nitrogens with zero attached hydrogens (tertiary/aromatic N) is 1. The average molecular weight is 284 g/mol. The van der Waals surface area contributed by atoms with Crippen molar-refractivity contribution in [2.75, 3.05) is 17.6 Å². The number of nitrogens with one attached hydrogen (secondary N) is 1. The highest BCUT2D eigenvalue weighted by Gasteiger charge is 2.08. The molecule has 5 N–H and O–H groups in total. The molecule has 5 nitrogen and oxygen atoms in total. The molecule has 1 atom stereocenters. The van der Waals surface area contributed by atoms with Gasteiger partial charge in [-0.2, -0.15) is 0 Å². The van der Waals surface area contributed by atoms with Gasteiger partial charge in [0.1, 0.15) is 5.82 Å². The Labute approximate surface area is 124 Å². The maximum Gasteiger partial charge on any atom is 0.250 e. The number of amides is 1. The predicted molar refractivity (Wildman–Crippen MR) is 85.1 cm³/mol. The molecule has 1 unspecified atom stereocenters. The summed E-state index contributed by atoms with van der Waals surface area (Å²) in [5.74, 6) is 0.511. The van der Waals surface area contributed by atoms with Crippen molar-refractivity contribution in [1.82, 2.24) is 4.98 Å². The van der Waals surface area contributed by atoms with Gasteiger partial charge in [-0.25, -0.2) is 4.98 Å². The van der Waals surface area contributed by atoms with E-state index in [9.17, 15) is 4.79 Å². The lowest BCUT2D eigenvalue weighted by Crippen LogP contribution is -2.15. The molecule has 0 radical (unpaired) electrons. The SMILES string of the molecule is CC(CCNc1cc(C(N)=O)c(N)cn1)c1ccccc1. The molecule has 0 bridgehead atoms.